The lowest BCUT2D eigenvalue weighted by molar-refractivity contribution is -0.141. The van der Waals surface area contributed by atoms with Crippen LogP contribution in [0.15, 0.2) is 6.07 Å². The van der Waals surface area contributed by atoms with Crippen molar-refractivity contribution in [1.82, 2.24) is 14.9 Å². The average molecular weight is 410 g/mol. The Kier molecular flexibility index (Phi) is 6.54. The molecule has 0 aromatic carbocycles. The zero-order valence-corrected chi connectivity index (χ0v) is 15.6. The maximum absolute atomic E-state index is 12.9. The van der Waals surface area contributed by atoms with Crippen molar-refractivity contribution in [2.45, 2.75) is 38.1 Å². The second-order valence-corrected chi connectivity index (χ2v) is 6.90. The van der Waals surface area contributed by atoms with Gasteiger partial charge in [0.05, 0.1) is 6.10 Å². The summed E-state index contributed by atoms with van der Waals surface area (Å²) in [6.07, 6.45) is -4.37. The van der Waals surface area contributed by atoms with Gasteiger partial charge in [-0.05, 0) is 25.8 Å². The fourth-order valence-electron chi connectivity index (χ4n) is 3.47. The zero-order chi connectivity index (χ0) is 19.1. The molecule has 0 bridgehead atoms. The summed E-state index contributed by atoms with van der Waals surface area (Å²) in [5.41, 5.74) is 5.04. The van der Waals surface area contributed by atoms with Crippen LogP contribution in [0.25, 0.3) is 0 Å². The Bertz CT molecular complexity index is 673. The van der Waals surface area contributed by atoms with Crippen LogP contribution in [-0.4, -0.2) is 64.2 Å². The van der Waals surface area contributed by atoms with Gasteiger partial charge in [0.15, 0.2) is 0 Å². The van der Waals surface area contributed by atoms with Crippen LogP contribution in [0.3, 0.4) is 0 Å². The molecule has 0 spiro atoms. The fourth-order valence-corrected chi connectivity index (χ4v) is 3.47. The van der Waals surface area contributed by atoms with Crippen LogP contribution in [0.5, 0.6) is 0 Å². The van der Waals surface area contributed by atoms with E-state index in [0.29, 0.717) is 39.0 Å². The summed E-state index contributed by atoms with van der Waals surface area (Å²) in [5.74, 6) is -0.320. The second kappa shape index (κ2) is 8.15. The quantitative estimate of drug-likeness (QED) is 0.755. The monoisotopic (exact) mass is 409 g/mol. The van der Waals surface area contributed by atoms with Gasteiger partial charge >= 0.3 is 6.18 Å². The first-order valence-electron chi connectivity index (χ1n) is 8.55. The van der Waals surface area contributed by atoms with Gasteiger partial charge in [-0.1, -0.05) is 0 Å². The van der Waals surface area contributed by atoms with Crippen molar-refractivity contribution >= 4 is 24.3 Å². The van der Waals surface area contributed by atoms with E-state index in [0.717, 1.165) is 6.07 Å². The minimum Gasteiger partial charge on any atom is -0.391 e. The van der Waals surface area contributed by atoms with E-state index in [-0.39, 0.29) is 41.9 Å². The number of anilines is 1. The van der Waals surface area contributed by atoms with Crippen LogP contribution in [0.2, 0.25) is 0 Å². The van der Waals surface area contributed by atoms with Crippen molar-refractivity contribution in [1.29, 1.82) is 0 Å². The van der Waals surface area contributed by atoms with Gasteiger partial charge in [-0.3, -0.25) is 4.79 Å². The Morgan fingerprint density at radius 1 is 1.22 bits per heavy atom. The molecule has 3 rings (SSSR count). The van der Waals surface area contributed by atoms with Gasteiger partial charge in [-0.2, -0.15) is 13.2 Å². The lowest BCUT2D eigenvalue weighted by Crippen LogP contribution is -2.50. The van der Waals surface area contributed by atoms with Crippen molar-refractivity contribution in [2.24, 2.45) is 11.7 Å². The van der Waals surface area contributed by atoms with Crippen LogP contribution >= 0.6 is 12.4 Å². The van der Waals surface area contributed by atoms with Crippen molar-refractivity contribution in [3.8, 4) is 0 Å². The molecule has 1 amide bonds. The van der Waals surface area contributed by atoms with E-state index >= 15 is 0 Å². The van der Waals surface area contributed by atoms with Gasteiger partial charge in [0.1, 0.15) is 5.69 Å². The van der Waals surface area contributed by atoms with Crippen LogP contribution in [0, 0.1) is 12.8 Å². The Morgan fingerprint density at radius 3 is 2.37 bits per heavy atom. The van der Waals surface area contributed by atoms with Gasteiger partial charge < -0.3 is 20.6 Å². The standard InChI is InChI=1S/C16H22F3N5O2.ClH/c1-9-6-13(16(17,18)19)22-15(21-9)24-4-2-23(3-5-24)14(26)10-7-11(20)12(25)8-10;/h6,10-12,25H,2-5,7-8,20H2,1H3;1H/t10-,11-,12-;/m0./s1. The van der Waals surface area contributed by atoms with Gasteiger partial charge in [-0.15, -0.1) is 12.4 Å². The number of aliphatic hydroxyl groups excluding tert-OH is 1. The first-order chi connectivity index (χ1) is 12.1. The first kappa shape index (κ1) is 21.6. The Balaban J connectivity index is 0.00000261. The number of nitrogens with zero attached hydrogens (tertiary/aromatic N) is 4. The lowest BCUT2D eigenvalue weighted by atomic mass is 10.1. The van der Waals surface area contributed by atoms with E-state index in [1.54, 1.807) is 9.80 Å². The summed E-state index contributed by atoms with van der Waals surface area (Å²) in [4.78, 5) is 23.6. The number of aromatic nitrogens is 2. The van der Waals surface area contributed by atoms with Crippen LogP contribution < -0.4 is 10.6 Å². The number of amides is 1. The molecule has 1 aliphatic heterocycles. The molecule has 11 heteroatoms. The van der Waals surface area contributed by atoms with E-state index in [1.165, 1.54) is 6.92 Å². The van der Waals surface area contributed by atoms with E-state index in [1.807, 2.05) is 0 Å². The number of nitrogens with two attached hydrogens (primary N) is 1. The molecule has 3 N–H and O–H groups in total. The predicted molar refractivity (Wildman–Crippen MR) is 94.5 cm³/mol. The Morgan fingerprint density at radius 2 is 1.85 bits per heavy atom. The van der Waals surface area contributed by atoms with Crippen molar-refractivity contribution < 1.29 is 23.1 Å². The summed E-state index contributed by atoms with van der Waals surface area (Å²) in [6.45, 7) is 2.95. The molecule has 3 atom stereocenters. The van der Waals surface area contributed by atoms with E-state index in [4.69, 9.17) is 5.73 Å². The van der Waals surface area contributed by atoms with Crippen molar-refractivity contribution in [3.05, 3.63) is 17.5 Å². The van der Waals surface area contributed by atoms with E-state index in [2.05, 4.69) is 9.97 Å². The molecular formula is C16H23ClF3N5O2. The topological polar surface area (TPSA) is 95.6 Å². The second-order valence-electron chi connectivity index (χ2n) is 6.90. The van der Waals surface area contributed by atoms with Crippen LogP contribution in [0.1, 0.15) is 24.2 Å². The first-order valence-corrected chi connectivity index (χ1v) is 8.55. The molecule has 152 valence electrons. The summed E-state index contributed by atoms with van der Waals surface area (Å²) in [5, 5.41) is 9.71. The van der Waals surface area contributed by atoms with Crippen LogP contribution in [-0.2, 0) is 11.0 Å². The molecule has 2 aliphatic rings. The third kappa shape index (κ3) is 4.80. The number of carbonyl (C=O) groups is 1. The molecule has 1 saturated heterocycles. The summed E-state index contributed by atoms with van der Waals surface area (Å²) < 4.78 is 38.8. The van der Waals surface area contributed by atoms with Gasteiger partial charge in [0.25, 0.3) is 0 Å². The minimum atomic E-state index is -4.53. The molecule has 27 heavy (non-hydrogen) atoms. The molecule has 2 heterocycles. The smallest absolute Gasteiger partial charge is 0.391 e. The van der Waals surface area contributed by atoms with Crippen molar-refractivity contribution in [3.63, 3.8) is 0 Å². The fraction of sp³-hybridized carbons (Fsp3) is 0.688. The third-order valence-electron chi connectivity index (χ3n) is 4.93. The number of aryl methyl sites for hydroxylation is 1. The number of piperazine rings is 1. The molecule has 1 aromatic heterocycles. The SMILES string of the molecule is Cc1cc(C(F)(F)F)nc(N2CCN(C(=O)[C@H]3C[C@H](N)[C@@H](O)C3)CC2)n1.Cl. The number of alkyl halides is 3. The maximum atomic E-state index is 12.9. The Hall–Kier alpha value is -1.65. The highest BCUT2D eigenvalue weighted by molar-refractivity contribution is 5.85. The summed E-state index contributed by atoms with van der Waals surface area (Å²) in [6, 6.07) is 0.532. The highest BCUT2D eigenvalue weighted by Gasteiger charge is 2.38. The highest BCUT2D eigenvalue weighted by atomic mass is 35.5. The number of halogens is 4. The summed E-state index contributed by atoms with van der Waals surface area (Å²) in [7, 11) is 0. The average Bonchev–Trinajstić information content (AvgIpc) is 2.92. The normalized spacial score (nSPS) is 26.1. The van der Waals surface area contributed by atoms with Gasteiger partial charge in [0, 0.05) is 43.8 Å². The van der Waals surface area contributed by atoms with Crippen molar-refractivity contribution in [2.75, 3.05) is 31.1 Å². The van der Waals surface area contributed by atoms with Crippen LogP contribution in [0.4, 0.5) is 19.1 Å². The van der Waals surface area contributed by atoms with Gasteiger partial charge in [0.2, 0.25) is 11.9 Å². The predicted octanol–water partition coefficient (Wildman–Crippen LogP) is 0.972. The number of aliphatic hydroxyl groups is 1. The largest absolute Gasteiger partial charge is 0.433 e. The minimum absolute atomic E-state index is 0. The number of rotatable bonds is 2. The third-order valence-corrected chi connectivity index (χ3v) is 4.93. The zero-order valence-electron chi connectivity index (χ0n) is 14.8. The summed E-state index contributed by atoms with van der Waals surface area (Å²) >= 11 is 0. The molecule has 2 fully saturated rings. The molecule has 1 saturated carbocycles. The molecule has 1 aliphatic carbocycles. The number of hydrogen-bond donors (Lipinski definition) is 2. The number of carbonyl (C=O) groups excluding carboxylic acids is 1. The van der Waals surface area contributed by atoms with E-state index < -0.39 is 18.0 Å². The number of hydrogen-bond acceptors (Lipinski definition) is 6. The molecule has 0 unspecified atom stereocenters. The molecule has 7 nitrogen and oxygen atoms in total. The maximum Gasteiger partial charge on any atom is 0.433 e. The van der Waals surface area contributed by atoms with E-state index in [9.17, 15) is 23.1 Å². The molecule has 1 aromatic rings. The highest BCUT2D eigenvalue weighted by Crippen LogP contribution is 2.30. The Labute approximate surface area is 161 Å². The lowest BCUT2D eigenvalue weighted by Gasteiger charge is -2.36. The molecular weight excluding hydrogens is 387 g/mol. The van der Waals surface area contributed by atoms with Gasteiger partial charge in [-0.25, -0.2) is 9.97 Å². The molecule has 0 radical (unpaired) electrons.